The second kappa shape index (κ2) is 9.57. The van der Waals surface area contributed by atoms with Gasteiger partial charge in [-0.05, 0) is 41.5 Å². The van der Waals surface area contributed by atoms with Crippen LogP contribution in [0, 0.1) is 5.41 Å². The quantitative estimate of drug-likeness (QED) is 0.590. The molecule has 5 nitrogen and oxygen atoms in total. The topological polar surface area (TPSA) is 58.6 Å². The standard InChI is InChI=1S/C26H28N2O3S/c1-27-25(30)26(17-19-9-11-20(12-10-19)23-8-5-15-32-23)13-14-28(18-26)24(29)16-21-6-3-4-7-22(21)31-2/h3-12,15H,13-14,16-18H2,1-2H3,(H,27,30)/t26-/m0/s1. The highest BCUT2D eigenvalue weighted by Gasteiger charge is 2.45. The molecule has 0 aliphatic carbocycles. The van der Waals surface area contributed by atoms with Gasteiger partial charge in [-0.2, -0.15) is 0 Å². The minimum Gasteiger partial charge on any atom is -0.496 e. The summed E-state index contributed by atoms with van der Waals surface area (Å²) in [6.45, 7) is 1.00. The lowest BCUT2D eigenvalue weighted by molar-refractivity contribution is -0.132. The Morgan fingerprint density at radius 2 is 1.88 bits per heavy atom. The fraction of sp³-hybridized carbons (Fsp3) is 0.308. The average Bonchev–Trinajstić information content (AvgIpc) is 3.51. The number of hydrogen-bond acceptors (Lipinski definition) is 4. The van der Waals surface area contributed by atoms with E-state index in [1.807, 2.05) is 35.2 Å². The van der Waals surface area contributed by atoms with Gasteiger partial charge in [0.1, 0.15) is 5.75 Å². The molecule has 32 heavy (non-hydrogen) atoms. The van der Waals surface area contributed by atoms with Gasteiger partial charge in [0.2, 0.25) is 11.8 Å². The minimum absolute atomic E-state index is 0.00701. The molecule has 1 saturated heterocycles. The largest absolute Gasteiger partial charge is 0.496 e. The summed E-state index contributed by atoms with van der Waals surface area (Å²) in [5.41, 5.74) is 2.53. The molecule has 0 bridgehead atoms. The molecule has 0 spiro atoms. The van der Waals surface area contributed by atoms with Gasteiger partial charge in [0.15, 0.2) is 0 Å². The molecule has 1 aliphatic rings. The summed E-state index contributed by atoms with van der Waals surface area (Å²) in [5, 5.41) is 4.90. The van der Waals surface area contributed by atoms with Crippen LogP contribution in [-0.4, -0.2) is 44.0 Å². The SMILES string of the molecule is CNC(=O)[C@]1(Cc2ccc(-c3cccs3)cc2)CCN(C(=O)Cc2ccccc2OC)C1. The molecular formula is C26H28N2O3S. The van der Waals surface area contributed by atoms with Crippen LogP contribution in [0.4, 0.5) is 0 Å². The summed E-state index contributed by atoms with van der Waals surface area (Å²) < 4.78 is 5.39. The van der Waals surface area contributed by atoms with E-state index >= 15 is 0 Å². The van der Waals surface area contributed by atoms with Gasteiger partial charge in [0.25, 0.3) is 0 Å². The molecule has 1 atom stereocenters. The smallest absolute Gasteiger partial charge is 0.228 e. The number of para-hydroxylation sites is 1. The first kappa shape index (κ1) is 22.1. The van der Waals surface area contributed by atoms with E-state index in [2.05, 4.69) is 41.0 Å². The number of benzene rings is 2. The Morgan fingerprint density at radius 1 is 1.09 bits per heavy atom. The number of hydrogen-bond donors (Lipinski definition) is 1. The molecule has 0 radical (unpaired) electrons. The van der Waals surface area contributed by atoms with Crippen molar-refractivity contribution in [2.45, 2.75) is 19.3 Å². The lowest BCUT2D eigenvalue weighted by Gasteiger charge is -2.28. The van der Waals surface area contributed by atoms with Crippen LogP contribution in [0.25, 0.3) is 10.4 Å². The molecule has 1 fully saturated rings. The van der Waals surface area contributed by atoms with E-state index in [0.717, 1.165) is 11.1 Å². The number of ether oxygens (including phenoxy) is 1. The molecule has 3 aromatic rings. The summed E-state index contributed by atoms with van der Waals surface area (Å²) in [6.07, 6.45) is 1.52. The van der Waals surface area contributed by atoms with E-state index in [4.69, 9.17) is 4.74 Å². The fourth-order valence-electron chi connectivity index (χ4n) is 4.50. The van der Waals surface area contributed by atoms with Gasteiger partial charge in [-0.3, -0.25) is 9.59 Å². The Bertz CT molecular complexity index is 1080. The molecule has 2 heterocycles. The van der Waals surface area contributed by atoms with Crippen LogP contribution < -0.4 is 10.1 Å². The van der Waals surface area contributed by atoms with E-state index in [0.29, 0.717) is 31.7 Å². The van der Waals surface area contributed by atoms with Crippen molar-refractivity contribution in [3.05, 3.63) is 77.2 Å². The van der Waals surface area contributed by atoms with Crippen LogP contribution in [0.2, 0.25) is 0 Å². The number of carbonyl (C=O) groups excluding carboxylic acids is 2. The van der Waals surface area contributed by atoms with Gasteiger partial charge in [-0.1, -0.05) is 48.5 Å². The predicted molar refractivity (Wildman–Crippen MR) is 128 cm³/mol. The lowest BCUT2D eigenvalue weighted by Crippen LogP contribution is -2.44. The first-order valence-corrected chi connectivity index (χ1v) is 11.7. The van der Waals surface area contributed by atoms with Gasteiger partial charge >= 0.3 is 0 Å². The Labute approximate surface area is 193 Å². The van der Waals surface area contributed by atoms with Crippen LogP contribution in [0.3, 0.4) is 0 Å². The molecule has 2 aromatic carbocycles. The first-order valence-electron chi connectivity index (χ1n) is 10.8. The third kappa shape index (κ3) is 4.55. The monoisotopic (exact) mass is 448 g/mol. The number of likely N-dealkylation sites (tertiary alicyclic amines) is 1. The van der Waals surface area contributed by atoms with Gasteiger partial charge < -0.3 is 15.0 Å². The predicted octanol–water partition coefficient (Wildman–Crippen LogP) is 4.17. The normalized spacial score (nSPS) is 17.9. The number of rotatable bonds is 7. The summed E-state index contributed by atoms with van der Waals surface area (Å²) >= 11 is 1.71. The van der Waals surface area contributed by atoms with Gasteiger partial charge in [-0.25, -0.2) is 0 Å². The fourth-order valence-corrected chi connectivity index (χ4v) is 5.24. The second-order valence-electron chi connectivity index (χ2n) is 8.26. The Morgan fingerprint density at radius 3 is 2.56 bits per heavy atom. The maximum Gasteiger partial charge on any atom is 0.228 e. The van der Waals surface area contributed by atoms with Gasteiger partial charge in [-0.15, -0.1) is 11.3 Å². The van der Waals surface area contributed by atoms with Crippen molar-refractivity contribution in [2.75, 3.05) is 27.2 Å². The van der Waals surface area contributed by atoms with Crippen LogP contribution >= 0.6 is 11.3 Å². The highest BCUT2D eigenvalue weighted by atomic mass is 32.1. The zero-order valence-electron chi connectivity index (χ0n) is 18.5. The zero-order valence-corrected chi connectivity index (χ0v) is 19.3. The van der Waals surface area contributed by atoms with Gasteiger partial charge in [0, 0.05) is 30.6 Å². The van der Waals surface area contributed by atoms with E-state index in [-0.39, 0.29) is 18.2 Å². The maximum atomic E-state index is 13.0. The highest BCUT2D eigenvalue weighted by Crippen LogP contribution is 2.36. The van der Waals surface area contributed by atoms with Crippen molar-refractivity contribution < 1.29 is 14.3 Å². The molecule has 1 aliphatic heterocycles. The number of nitrogens with zero attached hydrogens (tertiary/aromatic N) is 1. The van der Waals surface area contributed by atoms with Crippen molar-refractivity contribution in [3.8, 4) is 16.2 Å². The Kier molecular flexibility index (Phi) is 6.61. The van der Waals surface area contributed by atoms with Crippen molar-refractivity contribution in [1.82, 2.24) is 10.2 Å². The molecular weight excluding hydrogens is 420 g/mol. The number of nitrogens with one attached hydrogen (secondary N) is 1. The average molecular weight is 449 g/mol. The third-order valence-corrected chi connectivity index (χ3v) is 7.17. The molecule has 6 heteroatoms. The number of amides is 2. The minimum atomic E-state index is -0.615. The van der Waals surface area contributed by atoms with Crippen LogP contribution in [0.5, 0.6) is 5.75 Å². The van der Waals surface area contributed by atoms with Crippen LogP contribution in [-0.2, 0) is 22.4 Å². The second-order valence-corrected chi connectivity index (χ2v) is 9.21. The van der Waals surface area contributed by atoms with Crippen molar-refractivity contribution in [1.29, 1.82) is 0 Å². The molecule has 1 aromatic heterocycles. The van der Waals surface area contributed by atoms with E-state index < -0.39 is 5.41 Å². The Hall–Kier alpha value is -3.12. The lowest BCUT2D eigenvalue weighted by atomic mass is 9.79. The summed E-state index contributed by atoms with van der Waals surface area (Å²) in [5.74, 6) is 0.726. The maximum absolute atomic E-state index is 13.0. The van der Waals surface area contributed by atoms with Crippen LogP contribution in [0.1, 0.15) is 17.5 Å². The van der Waals surface area contributed by atoms with E-state index in [1.54, 1.807) is 25.5 Å². The summed E-state index contributed by atoms with van der Waals surface area (Å²) in [6, 6.07) is 20.1. The van der Waals surface area contributed by atoms with Crippen molar-refractivity contribution in [2.24, 2.45) is 5.41 Å². The van der Waals surface area contributed by atoms with Crippen molar-refractivity contribution >= 4 is 23.2 Å². The highest BCUT2D eigenvalue weighted by molar-refractivity contribution is 7.13. The zero-order chi connectivity index (χ0) is 22.6. The molecule has 2 amide bonds. The summed E-state index contributed by atoms with van der Waals surface area (Å²) in [4.78, 5) is 29.1. The molecule has 1 N–H and O–H groups in total. The number of thiophene rings is 1. The van der Waals surface area contributed by atoms with E-state index in [1.165, 1.54) is 10.4 Å². The van der Waals surface area contributed by atoms with Crippen LogP contribution in [0.15, 0.2) is 66.0 Å². The Balaban J connectivity index is 1.49. The number of methoxy groups -OCH3 is 1. The first-order chi connectivity index (χ1) is 15.5. The van der Waals surface area contributed by atoms with Crippen molar-refractivity contribution in [3.63, 3.8) is 0 Å². The molecule has 166 valence electrons. The summed E-state index contributed by atoms with van der Waals surface area (Å²) in [7, 11) is 3.28. The molecule has 0 unspecified atom stereocenters. The third-order valence-electron chi connectivity index (χ3n) is 6.25. The van der Waals surface area contributed by atoms with E-state index in [9.17, 15) is 9.59 Å². The number of carbonyl (C=O) groups is 2. The molecule has 0 saturated carbocycles. The van der Waals surface area contributed by atoms with Gasteiger partial charge in [0.05, 0.1) is 18.9 Å². The molecule has 4 rings (SSSR count).